The van der Waals surface area contributed by atoms with E-state index in [0.717, 1.165) is 5.56 Å². The Hall–Kier alpha value is -2.91. The van der Waals surface area contributed by atoms with Gasteiger partial charge in [0.15, 0.2) is 0 Å². The minimum atomic E-state index is -0.844. The molecule has 1 aromatic heterocycles. The Morgan fingerprint density at radius 1 is 1.30 bits per heavy atom. The summed E-state index contributed by atoms with van der Waals surface area (Å²) in [5.74, 6) is 0. The summed E-state index contributed by atoms with van der Waals surface area (Å²) in [6.07, 6.45) is -0.619. The standard InChI is InChI=1S/C18H22N4O5/c1-11-10-22(18(26)21-16(11)24)15-7-13(23)14(27-15)9-20-17(25)19-8-12-5-3-2-4-6-12/h2-6,10,13-15,23H,7-9H2,1H3,(H2,19,20,25)(H,21,24,26)/t13-,14+,15-/m0/s1. The normalized spacial score (nSPS) is 21.8. The van der Waals surface area contributed by atoms with Crippen LogP contribution in [0.2, 0.25) is 0 Å². The van der Waals surface area contributed by atoms with Crippen molar-refractivity contribution in [1.82, 2.24) is 20.2 Å². The van der Waals surface area contributed by atoms with Crippen molar-refractivity contribution in [3.63, 3.8) is 0 Å². The zero-order chi connectivity index (χ0) is 19.4. The van der Waals surface area contributed by atoms with E-state index in [4.69, 9.17) is 4.74 Å². The summed E-state index contributed by atoms with van der Waals surface area (Å²) in [7, 11) is 0. The molecule has 0 spiro atoms. The molecule has 27 heavy (non-hydrogen) atoms. The number of aryl methyl sites for hydroxylation is 1. The molecule has 2 aromatic rings. The number of aromatic amines is 1. The fourth-order valence-electron chi connectivity index (χ4n) is 2.90. The Kier molecular flexibility index (Phi) is 5.72. The SMILES string of the molecule is Cc1cn([C@@H]2C[C@H](O)[C@@H](CNC(=O)NCc3ccccc3)O2)c(=O)[nH]c1=O. The lowest BCUT2D eigenvalue weighted by Crippen LogP contribution is -2.42. The highest BCUT2D eigenvalue weighted by molar-refractivity contribution is 5.73. The molecule has 1 aromatic carbocycles. The topological polar surface area (TPSA) is 125 Å². The molecule has 4 N–H and O–H groups in total. The van der Waals surface area contributed by atoms with E-state index in [1.807, 2.05) is 30.3 Å². The van der Waals surface area contributed by atoms with Crippen LogP contribution in [-0.2, 0) is 11.3 Å². The number of ether oxygens (including phenoxy) is 1. The Balaban J connectivity index is 1.53. The second kappa shape index (κ2) is 8.19. The van der Waals surface area contributed by atoms with Crippen molar-refractivity contribution >= 4 is 6.03 Å². The summed E-state index contributed by atoms with van der Waals surface area (Å²) < 4.78 is 6.94. The third kappa shape index (κ3) is 4.63. The van der Waals surface area contributed by atoms with Crippen LogP contribution >= 0.6 is 0 Å². The predicted molar refractivity (Wildman–Crippen MR) is 97.3 cm³/mol. The fourth-order valence-corrected chi connectivity index (χ4v) is 2.90. The van der Waals surface area contributed by atoms with E-state index in [9.17, 15) is 19.5 Å². The van der Waals surface area contributed by atoms with Crippen molar-refractivity contribution in [3.05, 3.63) is 68.5 Å². The van der Waals surface area contributed by atoms with Gasteiger partial charge in [0, 0.05) is 31.3 Å². The highest BCUT2D eigenvalue weighted by Crippen LogP contribution is 2.27. The lowest BCUT2D eigenvalue weighted by atomic mass is 10.2. The van der Waals surface area contributed by atoms with Gasteiger partial charge in [-0.1, -0.05) is 30.3 Å². The average molecular weight is 374 g/mol. The largest absolute Gasteiger partial charge is 0.390 e. The monoisotopic (exact) mass is 374 g/mol. The summed E-state index contributed by atoms with van der Waals surface area (Å²) in [5, 5.41) is 15.5. The molecule has 9 heteroatoms. The smallest absolute Gasteiger partial charge is 0.330 e. The molecule has 1 aliphatic heterocycles. The zero-order valence-corrected chi connectivity index (χ0v) is 14.8. The minimum Gasteiger partial charge on any atom is -0.390 e. The maximum absolute atomic E-state index is 11.9. The lowest BCUT2D eigenvalue weighted by Gasteiger charge is -2.17. The number of nitrogens with zero attached hydrogens (tertiary/aromatic N) is 1. The van der Waals surface area contributed by atoms with Crippen molar-refractivity contribution in [2.24, 2.45) is 0 Å². The number of H-pyrrole nitrogens is 1. The van der Waals surface area contributed by atoms with Crippen molar-refractivity contribution in [2.75, 3.05) is 6.54 Å². The second-order valence-electron chi connectivity index (χ2n) is 6.46. The molecular formula is C18H22N4O5. The van der Waals surface area contributed by atoms with Gasteiger partial charge >= 0.3 is 11.7 Å². The Bertz CT molecular complexity index is 908. The zero-order valence-electron chi connectivity index (χ0n) is 14.8. The number of aromatic nitrogens is 2. The molecule has 0 radical (unpaired) electrons. The van der Waals surface area contributed by atoms with Gasteiger partial charge in [0.1, 0.15) is 12.3 Å². The molecule has 0 saturated carbocycles. The summed E-state index contributed by atoms with van der Waals surface area (Å²) in [6.45, 7) is 2.06. The number of benzene rings is 1. The summed E-state index contributed by atoms with van der Waals surface area (Å²) in [5.41, 5.74) is 0.285. The first kappa shape index (κ1) is 18.9. The highest BCUT2D eigenvalue weighted by atomic mass is 16.5. The lowest BCUT2D eigenvalue weighted by molar-refractivity contribution is -0.0180. The van der Waals surface area contributed by atoms with Gasteiger partial charge in [0.25, 0.3) is 5.56 Å². The average Bonchev–Trinajstić information content (AvgIpc) is 3.02. The van der Waals surface area contributed by atoms with Crippen LogP contribution in [-0.4, -0.2) is 39.4 Å². The van der Waals surface area contributed by atoms with Gasteiger partial charge in [-0.15, -0.1) is 0 Å². The van der Waals surface area contributed by atoms with Gasteiger partial charge in [0.05, 0.1) is 6.10 Å². The minimum absolute atomic E-state index is 0.0926. The van der Waals surface area contributed by atoms with E-state index >= 15 is 0 Å². The number of hydrogen-bond acceptors (Lipinski definition) is 5. The summed E-state index contributed by atoms with van der Waals surface area (Å²) in [6, 6.07) is 9.09. The fraction of sp³-hybridized carbons (Fsp3) is 0.389. The first-order valence-electron chi connectivity index (χ1n) is 8.65. The van der Waals surface area contributed by atoms with Crippen molar-refractivity contribution < 1.29 is 14.6 Å². The Labute approximate surface area is 155 Å². The predicted octanol–water partition coefficient (Wildman–Crippen LogP) is -0.00718. The van der Waals surface area contributed by atoms with E-state index in [2.05, 4.69) is 15.6 Å². The molecule has 2 heterocycles. The number of nitrogens with one attached hydrogen (secondary N) is 3. The van der Waals surface area contributed by atoms with Crippen LogP contribution in [0.25, 0.3) is 0 Å². The second-order valence-corrected chi connectivity index (χ2v) is 6.46. The van der Waals surface area contributed by atoms with Gasteiger partial charge in [-0.25, -0.2) is 9.59 Å². The third-order valence-electron chi connectivity index (χ3n) is 4.42. The van der Waals surface area contributed by atoms with Crippen LogP contribution < -0.4 is 21.9 Å². The van der Waals surface area contributed by atoms with Crippen LogP contribution in [0.3, 0.4) is 0 Å². The number of urea groups is 1. The van der Waals surface area contributed by atoms with Crippen LogP contribution in [0.1, 0.15) is 23.8 Å². The Morgan fingerprint density at radius 3 is 2.78 bits per heavy atom. The van der Waals surface area contributed by atoms with Crippen LogP contribution in [0, 0.1) is 6.92 Å². The molecule has 1 aliphatic rings. The van der Waals surface area contributed by atoms with Gasteiger partial charge in [-0.3, -0.25) is 14.3 Å². The molecule has 9 nitrogen and oxygen atoms in total. The van der Waals surface area contributed by atoms with Gasteiger partial charge in [0.2, 0.25) is 0 Å². The molecule has 0 bridgehead atoms. The number of amides is 2. The van der Waals surface area contributed by atoms with Gasteiger partial charge < -0.3 is 20.5 Å². The number of aliphatic hydroxyl groups excluding tert-OH is 1. The quantitative estimate of drug-likeness (QED) is 0.586. The molecule has 1 saturated heterocycles. The number of carbonyl (C=O) groups excluding carboxylic acids is 1. The first-order chi connectivity index (χ1) is 12.9. The van der Waals surface area contributed by atoms with Gasteiger partial charge in [-0.05, 0) is 12.5 Å². The molecule has 3 atom stereocenters. The number of hydrogen-bond donors (Lipinski definition) is 4. The molecular weight excluding hydrogens is 352 g/mol. The highest BCUT2D eigenvalue weighted by Gasteiger charge is 2.35. The molecule has 0 unspecified atom stereocenters. The van der Waals surface area contributed by atoms with Gasteiger partial charge in [-0.2, -0.15) is 0 Å². The van der Waals surface area contributed by atoms with Crippen molar-refractivity contribution in [1.29, 1.82) is 0 Å². The van der Waals surface area contributed by atoms with E-state index in [0.29, 0.717) is 12.1 Å². The van der Waals surface area contributed by atoms with E-state index in [-0.39, 0.29) is 19.0 Å². The molecule has 3 rings (SSSR count). The van der Waals surface area contributed by atoms with Crippen LogP contribution in [0.4, 0.5) is 4.79 Å². The van der Waals surface area contributed by atoms with Crippen molar-refractivity contribution in [3.8, 4) is 0 Å². The third-order valence-corrected chi connectivity index (χ3v) is 4.42. The molecule has 2 amide bonds. The molecule has 0 aliphatic carbocycles. The number of carbonyl (C=O) groups is 1. The molecule has 144 valence electrons. The first-order valence-corrected chi connectivity index (χ1v) is 8.65. The van der Waals surface area contributed by atoms with Crippen LogP contribution in [0.15, 0.2) is 46.1 Å². The van der Waals surface area contributed by atoms with E-state index in [1.54, 1.807) is 6.92 Å². The number of aliphatic hydroxyl groups is 1. The van der Waals surface area contributed by atoms with Crippen LogP contribution in [0.5, 0.6) is 0 Å². The number of rotatable bonds is 5. The van der Waals surface area contributed by atoms with E-state index in [1.165, 1.54) is 10.8 Å². The Morgan fingerprint density at radius 2 is 2.04 bits per heavy atom. The van der Waals surface area contributed by atoms with Crippen molar-refractivity contribution in [2.45, 2.75) is 38.3 Å². The maximum atomic E-state index is 11.9. The summed E-state index contributed by atoms with van der Waals surface area (Å²) >= 11 is 0. The maximum Gasteiger partial charge on any atom is 0.330 e. The summed E-state index contributed by atoms with van der Waals surface area (Å²) in [4.78, 5) is 37.5. The molecule has 1 fully saturated rings. The van der Waals surface area contributed by atoms with E-state index < -0.39 is 29.7 Å².